The van der Waals surface area contributed by atoms with E-state index in [1.807, 2.05) is 24.3 Å². The number of likely N-dealkylation sites (tertiary alicyclic amines) is 1. The molecule has 2 aliphatic rings. The number of aliphatic hydroxyl groups is 1. The first kappa shape index (κ1) is 17.5. The summed E-state index contributed by atoms with van der Waals surface area (Å²) in [4.78, 5) is 14.2. The number of hydrogen-bond acceptors (Lipinski definition) is 3. The topological polar surface area (TPSA) is 64.3 Å². The minimum absolute atomic E-state index is 0.0372. The van der Waals surface area contributed by atoms with E-state index in [9.17, 15) is 15.2 Å². The lowest BCUT2D eigenvalue weighted by Crippen LogP contribution is -2.66. The second kappa shape index (κ2) is 7.72. The molecule has 130 valence electrons. The largest absolute Gasteiger partial charge is 0.394 e. The van der Waals surface area contributed by atoms with Crippen LogP contribution in [0.5, 0.6) is 0 Å². The van der Waals surface area contributed by atoms with Crippen molar-refractivity contribution in [2.75, 3.05) is 6.61 Å². The minimum Gasteiger partial charge on any atom is -0.394 e. The van der Waals surface area contributed by atoms with Gasteiger partial charge in [-0.15, -0.1) is 0 Å². The molecule has 4 heteroatoms. The zero-order valence-corrected chi connectivity index (χ0v) is 14.6. The van der Waals surface area contributed by atoms with Crippen molar-refractivity contribution < 1.29 is 9.90 Å². The quantitative estimate of drug-likeness (QED) is 0.860. The molecule has 4 nitrogen and oxygen atoms in total. The van der Waals surface area contributed by atoms with Gasteiger partial charge < -0.3 is 10.0 Å². The van der Waals surface area contributed by atoms with Crippen LogP contribution in [0.3, 0.4) is 0 Å². The summed E-state index contributed by atoms with van der Waals surface area (Å²) in [5.41, 5.74) is 1.94. The summed E-state index contributed by atoms with van der Waals surface area (Å²) < 4.78 is 0. The molecule has 0 unspecified atom stereocenters. The van der Waals surface area contributed by atoms with Crippen molar-refractivity contribution in [1.82, 2.24) is 4.90 Å². The summed E-state index contributed by atoms with van der Waals surface area (Å²) >= 11 is 0. The van der Waals surface area contributed by atoms with Crippen LogP contribution in [0.1, 0.15) is 56.1 Å². The van der Waals surface area contributed by atoms with Crippen molar-refractivity contribution in [3.05, 3.63) is 35.4 Å². The van der Waals surface area contributed by atoms with Gasteiger partial charge in [-0.25, -0.2) is 0 Å². The molecule has 1 saturated heterocycles. The first-order chi connectivity index (χ1) is 12.2. The number of benzene rings is 1. The number of unbranched alkanes of at least 4 members (excludes halogenated alkanes) is 1. The molecule has 0 radical (unpaired) electrons. The van der Waals surface area contributed by atoms with Gasteiger partial charge in [0.25, 0.3) is 0 Å². The van der Waals surface area contributed by atoms with E-state index in [1.165, 1.54) is 0 Å². The van der Waals surface area contributed by atoms with Crippen molar-refractivity contribution in [2.24, 2.45) is 5.92 Å². The van der Waals surface area contributed by atoms with Crippen LogP contribution in [0.2, 0.25) is 0 Å². The van der Waals surface area contributed by atoms with Crippen molar-refractivity contribution in [2.45, 2.75) is 57.0 Å². The van der Waals surface area contributed by atoms with Crippen molar-refractivity contribution in [1.29, 1.82) is 5.26 Å². The molecule has 1 saturated carbocycles. The third-order valence-electron chi connectivity index (χ3n) is 5.34. The Morgan fingerprint density at radius 2 is 2.04 bits per heavy atom. The Morgan fingerprint density at radius 1 is 1.32 bits per heavy atom. The predicted octanol–water partition coefficient (Wildman–Crippen LogP) is 2.82. The molecular formula is C21H24N2O2. The van der Waals surface area contributed by atoms with E-state index >= 15 is 0 Å². The van der Waals surface area contributed by atoms with E-state index in [2.05, 4.69) is 24.8 Å². The lowest BCUT2D eigenvalue weighted by molar-refractivity contribution is -0.154. The Labute approximate surface area is 149 Å². The predicted molar refractivity (Wildman–Crippen MR) is 95.4 cm³/mol. The molecule has 0 spiro atoms. The maximum atomic E-state index is 12.6. The molecule has 1 N–H and O–H groups in total. The Morgan fingerprint density at radius 3 is 2.56 bits per heavy atom. The number of nitrogens with zero attached hydrogens (tertiary/aromatic N) is 2. The van der Waals surface area contributed by atoms with Gasteiger partial charge in [-0.3, -0.25) is 4.79 Å². The number of carbonyl (C=O) groups is 1. The Bertz CT molecular complexity index is 719. The molecule has 3 rings (SSSR count). The Hall–Kier alpha value is -2.30. The van der Waals surface area contributed by atoms with E-state index < -0.39 is 6.04 Å². The van der Waals surface area contributed by atoms with Gasteiger partial charge in [-0.2, -0.15) is 5.26 Å². The molecule has 1 aromatic rings. The molecule has 1 aromatic carbocycles. The highest BCUT2D eigenvalue weighted by Gasteiger charge is 2.53. The zero-order valence-electron chi connectivity index (χ0n) is 14.6. The fourth-order valence-corrected chi connectivity index (χ4v) is 3.65. The highest BCUT2D eigenvalue weighted by Crippen LogP contribution is 2.43. The minimum atomic E-state index is -0.484. The van der Waals surface area contributed by atoms with Crippen LogP contribution in [0.15, 0.2) is 24.3 Å². The van der Waals surface area contributed by atoms with Gasteiger partial charge in [0.05, 0.1) is 18.7 Å². The normalized spacial score (nSPS) is 25.2. The summed E-state index contributed by atoms with van der Waals surface area (Å²) in [6, 6.07) is 9.34. The fraction of sp³-hybridized carbons (Fsp3) is 0.524. The molecule has 25 heavy (non-hydrogen) atoms. The van der Waals surface area contributed by atoms with Crippen LogP contribution < -0.4 is 0 Å². The smallest absolute Gasteiger partial charge is 0.227 e. The Balaban J connectivity index is 1.76. The lowest BCUT2D eigenvalue weighted by atomic mass is 9.73. The van der Waals surface area contributed by atoms with Crippen LogP contribution in [0, 0.1) is 29.1 Å². The second-order valence-corrected chi connectivity index (χ2v) is 6.90. The van der Waals surface area contributed by atoms with Gasteiger partial charge in [0.2, 0.25) is 5.91 Å². The van der Waals surface area contributed by atoms with Crippen molar-refractivity contribution >= 4 is 5.91 Å². The second-order valence-electron chi connectivity index (χ2n) is 6.90. The summed E-state index contributed by atoms with van der Waals surface area (Å²) in [5.74, 6) is 6.20. The number of rotatable bonds is 4. The Kier molecular flexibility index (Phi) is 5.41. The summed E-state index contributed by atoms with van der Waals surface area (Å²) in [5, 5.41) is 19.4. The monoisotopic (exact) mass is 336 g/mol. The fourth-order valence-electron chi connectivity index (χ4n) is 3.65. The van der Waals surface area contributed by atoms with Gasteiger partial charge in [0.1, 0.15) is 6.04 Å². The van der Waals surface area contributed by atoms with Gasteiger partial charge in [0, 0.05) is 23.8 Å². The summed E-state index contributed by atoms with van der Waals surface area (Å²) in [7, 11) is 0. The molecular weight excluding hydrogens is 312 g/mol. The van der Waals surface area contributed by atoms with E-state index in [4.69, 9.17) is 0 Å². The van der Waals surface area contributed by atoms with Gasteiger partial charge in [-0.05, 0) is 37.0 Å². The molecule has 0 aromatic heterocycles. The van der Waals surface area contributed by atoms with E-state index in [1.54, 1.807) is 4.90 Å². The highest BCUT2D eigenvalue weighted by molar-refractivity contribution is 5.82. The third-order valence-corrected chi connectivity index (χ3v) is 5.34. The zero-order chi connectivity index (χ0) is 17.8. The van der Waals surface area contributed by atoms with E-state index in [0.29, 0.717) is 0 Å². The number of amides is 1. The SMILES string of the molecule is CCCC#Cc1ccc([C@H]2[C@@H](CO)N(C(=O)C3CCC3)[C@H]2C#N)cc1. The third kappa shape index (κ3) is 3.28. The first-order valence-electron chi connectivity index (χ1n) is 9.12. The number of hydrogen-bond donors (Lipinski definition) is 1. The van der Waals surface area contributed by atoms with Gasteiger partial charge in [-0.1, -0.05) is 37.3 Å². The van der Waals surface area contributed by atoms with Crippen LogP contribution >= 0.6 is 0 Å². The summed E-state index contributed by atoms with van der Waals surface area (Å²) in [6.45, 7) is 1.99. The van der Waals surface area contributed by atoms with Gasteiger partial charge in [0.15, 0.2) is 0 Å². The number of nitriles is 1. The number of carbonyl (C=O) groups excluding carboxylic acids is 1. The molecule has 0 bridgehead atoms. The molecule has 1 heterocycles. The van der Waals surface area contributed by atoms with Crippen molar-refractivity contribution in [3.8, 4) is 17.9 Å². The molecule has 3 atom stereocenters. The average molecular weight is 336 g/mol. The average Bonchev–Trinajstić information content (AvgIpc) is 2.55. The van der Waals surface area contributed by atoms with Crippen LogP contribution in [-0.4, -0.2) is 34.6 Å². The number of aliphatic hydroxyl groups excluding tert-OH is 1. The summed E-state index contributed by atoms with van der Waals surface area (Å²) in [6.07, 6.45) is 4.81. The van der Waals surface area contributed by atoms with Crippen LogP contribution in [0.25, 0.3) is 0 Å². The van der Waals surface area contributed by atoms with E-state index in [0.717, 1.165) is 43.2 Å². The lowest BCUT2D eigenvalue weighted by Gasteiger charge is -2.53. The maximum absolute atomic E-state index is 12.6. The van der Waals surface area contributed by atoms with Crippen LogP contribution in [0.4, 0.5) is 0 Å². The highest BCUT2D eigenvalue weighted by atomic mass is 16.3. The molecule has 1 amide bonds. The molecule has 1 aliphatic carbocycles. The van der Waals surface area contributed by atoms with Gasteiger partial charge >= 0.3 is 0 Å². The maximum Gasteiger partial charge on any atom is 0.227 e. The molecule has 1 aliphatic heterocycles. The first-order valence-corrected chi connectivity index (χ1v) is 9.12. The van der Waals surface area contributed by atoms with Crippen LogP contribution in [-0.2, 0) is 4.79 Å². The van der Waals surface area contributed by atoms with E-state index in [-0.39, 0.29) is 30.4 Å². The standard InChI is InChI=1S/C21H24N2O2/c1-2-3-4-6-15-9-11-16(12-10-15)20-18(13-22)23(19(20)14-24)21(25)17-7-5-8-17/h9-12,17-20,24H,2-3,5,7-8,14H2,1H3/t18-,19+,20+/m0/s1. The molecule has 2 fully saturated rings. The van der Waals surface area contributed by atoms with Crippen molar-refractivity contribution in [3.63, 3.8) is 0 Å².